The molecule has 0 nitrogen and oxygen atoms in total. The summed E-state index contributed by atoms with van der Waals surface area (Å²) in [7, 11) is -1.26. The molecule has 4 aliphatic carbocycles. The molecule has 6 atom stereocenters. The minimum Gasteiger partial charge on any atom is -1.00 e. The van der Waals surface area contributed by atoms with Crippen LogP contribution >= 0.6 is 0 Å². The molecule has 0 aromatic rings. The Labute approximate surface area is 179 Å². The van der Waals surface area contributed by atoms with E-state index in [1.165, 1.54) is 12.8 Å². The summed E-state index contributed by atoms with van der Waals surface area (Å²) in [6.07, 6.45) is 26.9. The number of fused-ring (bicyclic) bond motifs is 2. The molecule has 0 heterocycles. The van der Waals surface area contributed by atoms with Crippen LogP contribution in [0.1, 0.15) is 12.8 Å². The summed E-state index contributed by atoms with van der Waals surface area (Å²) >= 11 is 0. The maximum absolute atomic E-state index is 2.71. The molecule has 0 aromatic carbocycles. The Morgan fingerprint density at radius 1 is 0.708 bits per heavy atom. The number of rotatable bonds is 2. The maximum atomic E-state index is 2.71. The van der Waals surface area contributed by atoms with Crippen molar-refractivity contribution in [3.63, 3.8) is 0 Å². The summed E-state index contributed by atoms with van der Waals surface area (Å²) in [6, 6.07) is 0. The van der Waals surface area contributed by atoms with Gasteiger partial charge < -0.3 is 37.7 Å². The van der Waals surface area contributed by atoms with Crippen molar-refractivity contribution in [3.05, 3.63) is 61.4 Å². The average molecular weight is 544 g/mol. The molecule has 4 heteroatoms. The third-order valence-electron chi connectivity index (χ3n) is 6.47. The van der Waals surface area contributed by atoms with Crippen LogP contribution in [0.2, 0.25) is 24.2 Å². The molecule has 0 aromatic heterocycles. The molecule has 0 amide bonds. The minimum atomic E-state index is -1.26. The molecule has 0 bridgehead atoms. The van der Waals surface area contributed by atoms with E-state index in [2.05, 4.69) is 74.5 Å². The SMILES string of the molecule is C[Si](C)(C1[CH-]C2C=CC=CC2C1)C1[CH-]C2C=CC=CC2C1.[Cl-].[Cl-].[Hf+4]. The molecular formula is C20H26Cl2HfSi. The van der Waals surface area contributed by atoms with Gasteiger partial charge in [0.1, 0.15) is 0 Å². The Morgan fingerprint density at radius 2 is 1.08 bits per heavy atom. The quantitative estimate of drug-likeness (QED) is 0.322. The largest absolute Gasteiger partial charge is 4.00 e. The Bertz CT molecular complexity index is 452. The normalized spacial score (nSPS) is 38.6. The van der Waals surface area contributed by atoms with E-state index in [1.807, 2.05) is 0 Å². The van der Waals surface area contributed by atoms with E-state index >= 15 is 0 Å². The summed E-state index contributed by atoms with van der Waals surface area (Å²) in [6.45, 7) is 5.29. The van der Waals surface area contributed by atoms with Crippen LogP contribution in [-0.4, -0.2) is 8.07 Å². The van der Waals surface area contributed by atoms with Gasteiger partial charge in [-0.25, -0.2) is 0 Å². The fourth-order valence-corrected chi connectivity index (χ4v) is 8.63. The number of hydrogen-bond acceptors (Lipinski definition) is 0. The Kier molecular flexibility index (Phi) is 8.52. The van der Waals surface area contributed by atoms with E-state index in [0.29, 0.717) is 0 Å². The molecule has 4 rings (SSSR count). The fourth-order valence-electron chi connectivity index (χ4n) is 4.88. The van der Waals surface area contributed by atoms with Gasteiger partial charge >= 0.3 is 25.8 Å². The van der Waals surface area contributed by atoms with Crippen molar-refractivity contribution in [2.75, 3.05) is 0 Å². The van der Waals surface area contributed by atoms with Gasteiger partial charge in [0.25, 0.3) is 0 Å². The summed E-state index contributed by atoms with van der Waals surface area (Å²) < 4.78 is 0. The molecule has 0 radical (unpaired) electrons. The zero-order valence-corrected chi connectivity index (χ0v) is 20.5. The zero-order chi connectivity index (χ0) is 14.4. The number of halogens is 2. The minimum absolute atomic E-state index is 0. The standard InChI is InChI=1S/C20H26Si.2ClH.Hf/c1-21(2,19-11-15-7-3-4-8-16(15)12-19)20-13-17-9-5-6-10-18(17)14-20;;;/h3-11,13,15-20H,12,14H2,1-2H3;2*1H;/q-2;;;+4/p-2. The van der Waals surface area contributed by atoms with Crippen LogP contribution in [-0.2, 0) is 25.8 Å². The molecule has 24 heavy (non-hydrogen) atoms. The molecule has 2 fully saturated rings. The van der Waals surface area contributed by atoms with Crippen molar-refractivity contribution in [2.24, 2.45) is 23.7 Å². The van der Waals surface area contributed by atoms with Gasteiger partial charge in [0.2, 0.25) is 0 Å². The Hall–Kier alpha value is 0.627. The summed E-state index contributed by atoms with van der Waals surface area (Å²) in [5.74, 6) is 3.01. The van der Waals surface area contributed by atoms with Gasteiger partial charge in [-0.1, -0.05) is 62.4 Å². The van der Waals surface area contributed by atoms with Gasteiger partial charge in [-0.05, 0) is 19.9 Å². The summed E-state index contributed by atoms with van der Waals surface area (Å²) in [5, 5.41) is 0. The Balaban J connectivity index is 0.000000960. The van der Waals surface area contributed by atoms with Crippen LogP contribution in [0, 0.1) is 36.5 Å². The van der Waals surface area contributed by atoms with Crippen molar-refractivity contribution in [3.8, 4) is 0 Å². The second-order valence-corrected chi connectivity index (χ2v) is 13.0. The molecule has 4 aliphatic rings. The van der Waals surface area contributed by atoms with Crippen molar-refractivity contribution in [1.82, 2.24) is 0 Å². The van der Waals surface area contributed by atoms with Crippen molar-refractivity contribution < 1.29 is 50.7 Å². The zero-order valence-electron chi connectivity index (χ0n) is 14.4. The summed E-state index contributed by atoms with van der Waals surface area (Å²) in [4.78, 5) is 0. The topological polar surface area (TPSA) is 0 Å². The van der Waals surface area contributed by atoms with E-state index < -0.39 is 8.07 Å². The second-order valence-electron chi connectivity index (χ2n) is 7.91. The molecule has 0 aliphatic heterocycles. The molecular weight excluding hydrogens is 518 g/mol. The predicted octanol–water partition coefficient (Wildman–Crippen LogP) is -0.627. The van der Waals surface area contributed by atoms with Gasteiger partial charge in [0.15, 0.2) is 0 Å². The third-order valence-corrected chi connectivity index (χ3v) is 11.1. The van der Waals surface area contributed by atoms with E-state index in [1.54, 1.807) is 0 Å². The van der Waals surface area contributed by atoms with Crippen LogP contribution in [0.15, 0.2) is 48.6 Å². The number of hydrogen-bond donors (Lipinski definition) is 0. The van der Waals surface area contributed by atoms with Gasteiger partial charge in [-0.2, -0.15) is 11.1 Å². The van der Waals surface area contributed by atoms with Gasteiger partial charge in [0.05, 0.1) is 0 Å². The predicted molar refractivity (Wildman–Crippen MR) is 93.3 cm³/mol. The van der Waals surface area contributed by atoms with Gasteiger partial charge in [-0.3, -0.25) is 0 Å². The fraction of sp³-hybridized carbons (Fsp3) is 0.500. The Morgan fingerprint density at radius 3 is 1.46 bits per heavy atom. The maximum Gasteiger partial charge on any atom is 4.00 e. The van der Waals surface area contributed by atoms with Crippen LogP contribution in [0.4, 0.5) is 0 Å². The second kappa shape index (κ2) is 9.02. The molecule has 128 valence electrons. The molecule has 6 unspecified atom stereocenters. The molecule has 0 N–H and O–H groups in total. The van der Waals surface area contributed by atoms with Crippen molar-refractivity contribution >= 4 is 8.07 Å². The van der Waals surface area contributed by atoms with Crippen molar-refractivity contribution in [2.45, 2.75) is 37.0 Å². The van der Waals surface area contributed by atoms with E-state index in [9.17, 15) is 0 Å². The first-order valence-electron chi connectivity index (χ1n) is 8.54. The van der Waals surface area contributed by atoms with E-state index in [-0.39, 0.29) is 50.7 Å². The van der Waals surface area contributed by atoms with Crippen LogP contribution in [0.5, 0.6) is 0 Å². The molecule has 0 saturated heterocycles. The molecule has 0 spiro atoms. The third kappa shape index (κ3) is 4.13. The van der Waals surface area contributed by atoms with E-state index in [4.69, 9.17) is 0 Å². The van der Waals surface area contributed by atoms with Crippen LogP contribution < -0.4 is 24.8 Å². The first kappa shape index (κ1) is 22.7. The van der Waals surface area contributed by atoms with Crippen LogP contribution in [0.3, 0.4) is 0 Å². The van der Waals surface area contributed by atoms with Crippen molar-refractivity contribution in [1.29, 1.82) is 0 Å². The first-order valence-corrected chi connectivity index (χ1v) is 11.7. The molecule has 2 saturated carbocycles. The monoisotopic (exact) mass is 544 g/mol. The number of allylic oxidation sites excluding steroid dienone is 8. The van der Waals surface area contributed by atoms with E-state index in [0.717, 1.165) is 34.8 Å². The smallest absolute Gasteiger partial charge is 1.00 e. The van der Waals surface area contributed by atoms with Crippen LogP contribution in [0.25, 0.3) is 0 Å². The first-order chi connectivity index (χ1) is 10.1. The van der Waals surface area contributed by atoms with Gasteiger partial charge in [-0.15, -0.1) is 24.0 Å². The average Bonchev–Trinajstić information content (AvgIpc) is 3.11. The van der Waals surface area contributed by atoms with Gasteiger partial charge in [0, 0.05) is 0 Å². The summed E-state index contributed by atoms with van der Waals surface area (Å²) in [5.41, 5.74) is 1.77.